The van der Waals surface area contributed by atoms with Gasteiger partial charge in [-0.05, 0) is 31.4 Å². The van der Waals surface area contributed by atoms with E-state index >= 15 is 0 Å². The average Bonchev–Trinajstić information content (AvgIpc) is 2.66. The predicted octanol–water partition coefficient (Wildman–Crippen LogP) is 1.87. The molecule has 0 bridgehead atoms. The van der Waals surface area contributed by atoms with Crippen LogP contribution in [0.1, 0.15) is 32.6 Å². The standard InChI is InChI=1S/C13H22N2O3S/c1-2-13(11(16)17)5-3-7-15(13)12(18)14-6-4-9-19-10-8-14/h2-10H2,1H3,(H,16,17). The van der Waals surface area contributed by atoms with Crippen LogP contribution in [0.4, 0.5) is 4.79 Å². The van der Waals surface area contributed by atoms with E-state index in [2.05, 4.69) is 0 Å². The highest BCUT2D eigenvalue weighted by Crippen LogP contribution is 2.34. The molecule has 5 nitrogen and oxygen atoms in total. The number of hydrogen-bond donors (Lipinski definition) is 1. The van der Waals surface area contributed by atoms with Crippen molar-refractivity contribution in [2.24, 2.45) is 0 Å². The molecule has 1 atom stereocenters. The zero-order chi connectivity index (χ0) is 13.9. The molecule has 0 aromatic heterocycles. The molecule has 6 heteroatoms. The van der Waals surface area contributed by atoms with Crippen molar-refractivity contribution in [2.75, 3.05) is 31.1 Å². The Hall–Kier alpha value is -0.910. The summed E-state index contributed by atoms with van der Waals surface area (Å²) < 4.78 is 0. The molecule has 2 saturated heterocycles. The van der Waals surface area contributed by atoms with Crippen molar-refractivity contribution in [3.8, 4) is 0 Å². The van der Waals surface area contributed by atoms with Gasteiger partial charge in [0.2, 0.25) is 0 Å². The van der Waals surface area contributed by atoms with Gasteiger partial charge >= 0.3 is 12.0 Å². The molecule has 0 radical (unpaired) electrons. The number of carbonyl (C=O) groups excluding carboxylic acids is 1. The third-order valence-electron chi connectivity index (χ3n) is 4.20. The monoisotopic (exact) mass is 286 g/mol. The van der Waals surface area contributed by atoms with Crippen LogP contribution in [0.5, 0.6) is 0 Å². The van der Waals surface area contributed by atoms with Gasteiger partial charge in [-0.25, -0.2) is 9.59 Å². The number of hydrogen-bond acceptors (Lipinski definition) is 3. The maximum Gasteiger partial charge on any atom is 0.329 e. The van der Waals surface area contributed by atoms with Crippen molar-refractivity contribution in [1.82, 2.24) is 9.80 Å². The van der Waals surface area contributed by atoms with Gasteiger partial charge in [-0.15, -0.1) is 0 Å². The molecule has 0 aromatic carbocycles. The first-order chi connectivity index (χ1) is 9.12. The number of aliphatic carboxylic acids is 1. The van der Waals surface area contributed by atoms with E-state index in [0.29, 0.717) is 19.4 Å². The van der Waals surface area contributed by atoms with Gasteiger partial charge in [0.1, 0.15) is 5.54 Å². The van der Waals surface area contributed by atoms with E-state index in [-0.39, 0.29) is 6.03 Å². The first-order valence-electron chi connectivity index (χ1n) is 6.99. The molecule has 2 heterocycles. The van der Waals surface area contributed by atoms with E-state index in [1.54, 1.807) is 4.90 Å². The van der Waals surface area contributed by atoms with Crippen LogP contribution in [0.2, 0.25) is 0 Å². The molecule has 2 aliphatic rings. The summed E-state index contributed by atoms with van der Waals surface area (Å²) in [5.41, 5.74) is -0.976. The second kappa shape index (κ2) is 6.03. The van der Waals surface area contributed by atoms with E-state index < -0.39 is 11.5 Å². The van der Waals surface area contributed by atoms with E-state index in [1.165, 1.54) is 0 Å². The third-order valence-corrected chi connectivity index (χ3v) is 5.24. The van der Waals surface area contributed by atoms with Crippen LogP contribution in [-0.4, -0.2) is 63.6 Å². The van der Waals surface area contributed by atoms with Crippen molar-refractivity contribution >= 4 is 23.8 Å². The summed E-state index contributed by atoms with van der Waals surface area (Å²) >= 11 is 1.86. The zero-order valence-corrected chi connectivity index (χ0v) is 12.2. The Morgan fingerprint density at radius 3 is 2.68 bits per heavy atom. The fourth-order valence-corrected chi connectivity index (χ4v) is 3.89. The Kier molecular flexibility index (Phi) is 4.60. The van der Waals surface area contributed by atoms with E-state index in [9.17, 15) is 14.7 Å². The van der Waals surface area contributed by atoms with Crippen molar-refractivity contribution < 1.29 is 14.7 Å². The molecule has 108 valence electrons. The average molecular weight is 286 g/mol. The van der Waals surface area contributed by atoms with Crippen LogP contribution in [-0.2, 0) is 4.79 Å². The molecule has 1 N–H and O–H groups in total. The molecule has 2 amide bonds. The van der Waals surface area contributed by atoms with Gasteiger partial charge in [0, 0.05) is 25.4 Å². The second-order valence-corrected chi connectivity index (χ2v) is 6.41. The number of urea groups is 1. The molecule has 0 spiro atoms. The van der Waals surface area contributed by atoms with Crippen molar-refractivity contribution in [3.05, 3.63) is 0 Å². The third kappa shape index (κ3) is 2.68. The Morgan fingerprint density at radius 2 is 2.00 bits per heavy atom. The Morgan fingerprint density at radius 1 is 1.21 bits per heavy atom. The van der Waals surface area contributed by atoms with Gasteiger partial charge in [-0.2, -0.15) is 11.8 Å². The lowest BCUT2D eigenvalue weighted by molar-refractivity contribution is -0.148. The minimum absolute atomic E-state index is 0.0794. The zero-order valence-electron chi connectivity index (χ0n) is 11.4. The van der Waals surface area contributed by atoms with Gasteiger partial charge in [-0.1, -0.05) is 6.92 Å². The van der Waals surface area contributed by atoms with Crippen LogP contribution < -0.4 is 0 Å². The van der Waals surface area contributed by atoms with E-state index in [4.69, 9.17) is 0 Å². The predicted molar refractivity (Wildman–Crippen MR) is 75.5 cm³/mol. The van der Waals surface area contributed by atoms with Crippen molar-refractivity contribution in [2.45, 2.75) is 38.1 Å². The molecule has 2 fully saturated rings. The minimum atomic E-state index is -0.976. The van der Waals surface area contributed by atoms with Crippen LogP contribution in [0.15, 0.2) is 0 Å². The summed E-state index contributed by atoms with van der Waals surface area (Å²) in [6.07, 6.45) is 2.84. The SMILES string of the molecule is CCC1(C(=O)O)CCCN1C(=O)N1CCCSCC1. The number of nitrogens with zero attached hydrogens (tertiary/aromatic N) is 2. The smallest absolute Gasteiger partial charge is 0.329 e. The number of thioether (sulfide) groups is 1. The lowest BCUT2D eigenvalue weighted by atomic mass is 9.93. The van der Waals surface area contributed by atoms with Gasteiger partial charge < -0.3 is 14.9 Å². The van der Waals surface area contributed by atoms with Crippen molar-refractivity contribution in [1.29, 1.82) is 0 Å². The quantitative estimate of drug-likeness (QED) is 0.842. The highest BCUT2D eigenvalue weighted by atomic mass is 32.2. The largest absolute Gasteiger partial charge is 0.479 e. The highest BCUT2D eigenvalue weighted by Gasteiger charge is 2.49. The fourth-order valence-electron chi connectivity index (χ4n) is 3.01. The molecular formula is C13H22N2O3S. The number of likely N-dealkylation sites (tertiary alicyclic amines) is 1. The molecule has 1 unspecified atom stereocenters. The Balaban J connectivity index is 2.14. The Labute approximate surface area is 118 Å². The number of rotatable bonds is 2. The summed E-state index contributed by atoms with van der Waals surface area (Å²) in [6, 6.07) is -0.0794. The normalized spacial score (nSPS) is 28.3. The molecule has 0 aliphatic carbocycles. The van der Waals surface area contributed by atoms with Gasteiger partial charge in [-0.3, -0.25) is 0 Å². The maximum absolute atomic E-state index is 12.6. The van der Waals surface area contributed by atoms with Crippen LogP contribution in [0.25, 0.3) is 0 Å². The van der Waals surface area contributed by atoms with Gasteiger partial charge in [0.15, 0.2) is 0 Å². The molecule has 2 aliphatic heterocycles. The maximum atomic E-state index is 12.6. The van der Waals surface area contributed by atoms with Crippen LogP contribution >= 0.6 is 11.8 Å². The van der Waals surface area contributed by atoms with Crippen LogP contribution in [0.3, 0.4) is 0 Å². The Bertz CT molecular complexity index is 356. The molecule has 2 rings (SSSR count). The summed E-state index contributed by atoms with van der Waals surface area (Å²) in [4.78, 5) is 27.6. The van der Waals surface area contributed by atoms with E-state index in [1.807, 2.05) is 23.6 Å². The summed E-state index contributed by atoms with van der Waals surface area (Å²) in [5, 5.41) is 9.52. The molecule has 19 heavy (non-hydrogen) atoms. The van der Waals surface area contributed by atoms with E-state index in [0.717, 1.165) is 37.4 Å². The van der Waals surface area contributed by atoms with Crippen molar-refractivity contribution in [3.63, 3.8) is 0 Å². The topological polar surface area (TPSA) is 60.9 Å². The number of amides is 2. The van der Waals surface area contributed by atoms with Crippen LogP contribution in [0, 0.1) is 0 Å². The summed E-state index contributed by atoms with van der Waals surface area (Å²) in [5.74, 6) is 1.18. The first-order valence-corrected chi connectivity index (χ1v) is 8.15. The first kappa shape index (κ1) is 14.5. The fraction of sp³-hybridized carbons (Fsp3) is 0.846. The number of carboxylic acids is 1. The number of carboxylic acid groups (broad SMARTS) is 1. The summed E-state index contributed by atoms with van der Waals surface area (Å²) in [7, 11) is 0. The summed E-state index contributed by atoms with van der Waals surface area (Å²) in [6.45, 7) is 3.92. The number of carbonyl (C=O) groups is 2. The lowest BCUT2D eigenvalue weighted by Crippen LogP contribution is -2.56. The van der Waals surface area contributed by atoms with Gasteiger partial charge in [0.05, 0.1) is 0 Å². The minimum Gasteiger partial charge on any atom is -0.479 e. The molecular weight excluding hydrogens is 264 g/mol. The van der Waals surface area contributed by atoms with Gasteiger partial charge in [0.25, 0.3) is 0 Å². The lowest BCUT2D eigenvalue weighted by Gasteiger charge is -2.37. The second-order valence-electron chi connectivity index (χ2n) is 5.18. The molecule has 0 saturated carbocycles. The molecule has 0 aromatic rings. The highest BCUT2D eigenvalue weighted by molar-refractivity contribution is 7.99.